The van der Waals surface area contributed by atoms with Crippen LogP contribution in [0, 0.1) is 5.82 Å². The number of rotatable bonds is 7. The van der Waals surface area contributed by atoms with Crippen LogP contribution in [0.2, 0.25) is 5.02 Å². The first kappa shape index (κ1) is 23.1. The fourth-order valence-corrected chi connectivity index (χ4v) is 4.90. The van der Waals surface area contributed by atoms with Crippen molar-refractivity contribution in [3.05, 3.63) is 64.6 Å². The Hall–Kier alpha value is -3.06. The van der Waals surface area contributed by atoms with Crippen molar-refractivity contribution < 1.29 is 23.8 Å². The number of benzene rings is 2. The first-order valence-corrected chi connectivity index (χ1v) is 11.4. The lowest BCUT2D eigenvalue weighted by Crippen LogP contribution is -2.43. The molecule has 0 bridgehead atoms. The Morgan fingerprint density at radius 2 is 2.06 bits per heavy atom. The molecule has 0 fully saturated rings. The van der Waals surface area contributed by atoms with E-state index in [4.69, 9.17) is 16.3 Å². The van der Waals surface area contributed by atoms with Gasteiger partial charge in [-0.15, -0.1) is 0 Å². The molecule has 0 aliphatic heterocycles. The summed E-state index contributed by atoms with van der Waals surface area (Å²) >= 11 is 6.10. The van der Waals surface area contributed by atoms with Crippen LogP contribution in [0.15, 0.2) is 42.5 Å². The van der Waals surface area contributed by atoms with Crippen molar-refractivity contribution in [2.24, 2.45) is 0 Å². The fraction of sp³-hybridized carbons (Fsp3) is 0.360. The van der Waals surface area contributed by atoms with Gasteiger partial charge in [0.25, 0.3) is 5.91 Å². The van der Waals surface area contributed by atoms with E-state index in [0.29, 0.717) is 47.4 Å². The van der Waals surface area contributed by atoms with Crippen molar-refractivity contribution in [3.8, 4) is 5.75 Å². The van der Waals surface area contributed by atoms with E-state index in [1.165, 1.54) is 12.1 Å². The number of aromatic nitrogens is 1. The highest BCUT2D eigenvalue weighted by atomic mass is 35.5. The van der Waals surface area contributed by atoms with Gasteiger partial charge in [0, 0.05) is 29.7 Å². The minimum atomic E-state index is -0.910. The maximum atomic E-state index is 14.1. The molecule has 1 amide bonds. The largest absolute Gasteiger partial charge is 0.482 e. The number of carbonyl (C=O) groups excluding carboxylic acids is 1. The number of carbonyl (C=O) groups is 2. The molecule has 1 aliphatic rings. The standard InChI is InChI=1S/C25H26ClFN2O4/c1-3-20(25(31)32)29-21-10-8-15(27)12-17(21)18-13-16(9-11-22(18)29)28(2)24(30)14-33-23-7-5-4-6-19(23)26/h4-8,10,12,16,20H,3,9,11,13-14H2,1-2H3,(H,31,32). The number of carboxylic acid groups (broad SMARTS) is 1. The van der Waals surface area contributed by atoms with Crippen LogP contribution >= 0.6 is 11.6 Å². The predicted molar refractivity (Wildman–Crippen MR) is 124 cm³/mol. The molecule has 2 unspecified atom stereocenters. The average molecular weight is 473 g/mol. The molecule has 3 aromatic rings. The molecule has 2 atom stereocenters. The van der Waals surface area contributed by atoms with E-state index in [1.807, 2.05) is 11.5 Å². The van der Waals surface area contributed by atoms with Crippen molar-refractivity contribution >= 4 is 34.4 Å². The molecule has 6 nitrogen and oxygen atoms in total. The summed E-state index contributed by atoms with van der Waals surface area (Å²) in [5, 5.41) is 10.9. The quantitative estimate of drug-likeness (QED) is 0.532. The van der Waals surface area contributed by atoms with Crippen LogP contribution < -0.4 is 4.74 Å². The molecule has 0 radical (unpaired) electrons. The monoisotopic (exact) mass is 472 g/mol. The fourth-order valence-electron chi connectivity index (χ4n) is 4.71. The van der Waals surface area contributed by atoms with Gasteiger partial charge < -0.3 is 19.3 Å². The minimum Gasteiger partial charge on any atom is -0.482 e. The van der Waals surface area contributed by atoms with Gasteiger partial charge in [0.2, 0.25) is 0 Å². The van der Waals surface area contributed by atoms with E-state index in [1.54, 1.807) is 42.3 Å². The summed E-state index contributed by atoms with van der Waals surface area (Å²) in [6.07, 6.45) is 2.22. The molecular formula is C25H26ClFN2O4. The lowest BCUT2D eigenvalue weighted by Gasteiger charge is -2.32. The summed E-state index contributed by atoms with van der Waals surface area (Å²) in [6.45, 7) is 1.69. The van der Waals surface area contributed by atoms with Gasteiger partial charge in [0.1, 0.15) is 17.6 Å². The van der Waals surface area contributed by atoms with Gasteiger partial charge in [-0.05, 0) is 61.6 Å². The molecule has 2 aromatic carbocycles. The van der Waals surface area contributed by atoms with Gasteiger partial charge in [-0.1, -0.05) is 30.7 Å². The molecule has 1 aromatic heterocycles. The topological polar surface area (TPSA) is 71.8 Å². The summed E-state index contributed by atoms with van der Waals surface area (Å²) in [7, 11) is 1.74. The second-order valence-corrected chi connectivity index (χ2v) is 8.75. The Bertz CT molecular complexity index is 1210. The minimum absolute atomic E-state index is 0.105. The van der Waals surface area contributed by atoms with Crippen LogP contribution in [-0.2, 0) is 22.4 Å². The van der Waals surface area contributed by atoms with Gasteiger partial charge in [-0.2, -0.15) is 0 Å². The van der Waals surface area contributed by atoms with Crippen molar-refractivity contribution in [1.29, 1.82) is 0 Å². The van der Waals surface area contributed by atoms with Gasteiger partial charge in [-0.25, -0.2) is 9.18 Å². The number of nitrogens with zero attached hydrogens (tertiary/aromatic N) is 2. The van der Waals surface area contributed by atoms with Gasteiger partial charge >= 0.3 is 5.97 Å². The molecule has 0 saturated heterocycles. The van der Waals surface area contributed by atoms with E-state index < -0.39 is 12.0 Å². The number of amides is 1. The SMILES string of the molecule is CCC(C(=O)O)n1c2c(c3cc(F)ccc31)CC(N(C)C(=O)COc1ccccc1Cl)CC2. The van der Waals surface area contributed by atoms with Crippen molar-refractivity contribution in [1.82, 2.24) is 9.47 Å². The van der Waals surface area contributed by atoms with Gasteiger partial charge in [-0.3, -0.25) is 4.79 Å². The van der Waals surface area contributed by atoms with E-state index in [2.05, 4.69) is 0 Å². The first-order chi connectivity index (χ1) is 15.8. The first-order valence-electron chi connectivity index (χ1n) is 11.0. The Kier molecular flexibility index (Phi) is 6.61. The second kappa shape index (κ2) is 9.43. The van der Waals surface area contributed by atoms with Crippen molar-refractivity contribution in [2.75, 3.05) is 13.7 Å². The Labute approximate surface area is 196 Å². The number of fused-ring (bicyclic) bond motifs is 3. The van der Waals surface area contributed by atoms with Crippen LogP contribution in [0.4, 0.5) is 4.39 Å². The molecule has 1 heterocycles. The summed E-state index contributed by atoms with van der Waals surface area (Å²) < 4.78 is 21.6. The Morgan fingerprint density at radius 3 is 2.76 bits per heavy atom. The Balaban J connectivity index is 1.59. The number of ether oxygens (including phenoxy) is 1. The summed E-state index contributed by atoms with van der Waals surface area (Å²) in [4.78, 5) is 26.4. The normalized spacial score (nSPS) is 16.3. The average Bonchev–Trinajstić information content (AvgIpc) is 3.11. The van der Waals surface area contributed by atoms with Crippen molar-refractivity contribution in [3.63, 3.8) is 0 Å². The number of halogens is 2. The molecule has 1 N–H and O–H groups in total. The van der Waals surface area contributed by atoms with Crippen LogP contribution in [0.25, 0.3) is 10.9 Å². The maximum absolute atomic E-state index is 14.1. The number of carboxylic acids is 1. The summed E-state index contributed by atoms with van der Waals surface area (Å²) in [5.41, 5.74) is 2.54. The number of hydrogen-bond acceptors (Lipinski definition) is 3. The summed E-state index contributed by atoms with van der Waals surface area (Å²) in [6, 6.07) is 10.6. The molecule has 0 spiro atoms. The lowest BCUT2D eigenvalue weighted by molar-refractivity contribution is -0.141. The molecule has 0 saturated carbocycles. The lowest BCUT2D eigenvalue weighted by atomic mass is 9.90. The summed E-state index contributed by atoms with van der Waals surface area (Å²) in [5.74, 6) is -1.02. The highest BCUT2D eigenvalue weighted by Crippen LogP contribution is 2.37. The van der Waals surface area contributed by atoms with E-state index >= 15 is 0 Å². The van der Waals surface area contributed by atoms with Crippen LogP contribution in [-0.4, -0.2) is 46.1 Å². The van der Waals surface area contributed by atoms with E-state index in [0.717, 1.165) is 11.3 Å². The zero-order valence-corrected chi connectivity index (χ0v) is 19.3. The third kappa shape index (κ3) is 4.42. The van der Waals surface area contributed by atoms with Crippen LogP contribution in [0.3, 0.4) is 0 Å². The third-order valence-corrected chi connectivity index (χ3v) is 6.76. The number of hydrogen-bond donors (Lipinski definition) is 1. The number of para-hydroxylation sites is 1. The maximum Gasteiger partial charge on any atom is 0.326 e. The Morgan fingerprint density at radius 1 is 1.30 bits per heavy atom. The zero-order valence-electron chi connectivity index (χ0n) is 18.6. The van der Waals surface area contributed by atoms with Crippen molar-refractivity contribution in [2.45, 2.75) is 44.7 Å². The molecule has 1 aliphatic carbocycles. The number of aliphatic carboxylic acids is 1. The van der Waals surface area contributed by atoms with Crippen LogP contribution in [0.5, 0.6) is 5.75 Å². The van der Waals surface area contributed by atoms with E-state index in [9.17, 15) is 19.1 Å². The smallest absolute Gasteiger partial charge is 0.326 e. The molecule has 33 heavy (non-hydrogen) atoms. The molecule has 4 rings (SSSR count). The van der Waals surface area contributed by atoms with Gasteiger partial charge in [0.05, 0.1) is 5.02 Å². The highest BCUT2D eigenvalue weighted by molar-refractivity contribution is 6.32. The third-order valence-electron chi connectivity index (χ3n) is 6.45. The molecule has 174 valence electrons. The highest BCUT2D eigenvalue weighted by Gasteiger charge is 2.32. The molecular weight excluding hydrogens is 447 g/mol. The molecule has 8 heteroatoms. The van der Waals surface area contributed by atoms with Crippen LogP contribution in [0.1, 0.15) is 37.1 Å². The number of likely N-dealkylation sites (N-methyl/N-ethyl adjacent to an activating group) is 1. The predicted octanol–water partition coefficient (Wildman–Crippen LogP) is 4.86. The van der Waals surface area contributed by atoms with Gasteiger partial charge in [0.15, 0.2) is 6.61 Å². The zero-order chi connectivity index (χ0) is 23.7. The second-order valence-electron chi connectivity index (χ2n) is 8.34. The van der Waals surface area contributed by atoms with E-state index in [-0.39, 0.29) is 24.4 Å².